The molecule has 0 bridgehead atoms. The summed E-state index contributed by atoms with van der Waals surface area (Å²) in [4.78, 5) is 24.4. The average Bonchev–Trinajstić information content (AvgIpc) is 2.72. The molecule has 3 heterocycles. The molecule has 8 nitrogen and oxygen atoms in total. The van der Waals surface area contributed by atoms with Crippen LogP contribution in [0.4, 0.5) is 5.95 Å². The van der Waals surface area contributed by atoms with Gasteiger partial charge >= 0.3 is 0 Å². The van der Waals surface area contributed by atoms with E-state index in [2.05, 4.69) is 42.9 Å². The van der Waals surface area contributed by atoms with Crippen molar-refractivity contribution >= 4 is 11.9 Å². The zero-order chi connectivity index (χ0) is 22.7. The van der Waals surface area contributed by atoms with Crippen LogP contribution in [0.5, 0.6) is 0 Å². The number of carbonyl (C=O) groups is 1. The lowest BCUT2D eigenvalue weighted by molar-refractivity contribution is -0.128. The third-order valence-corrected chi connectivity index (χ3v) is 6.51. The van der Waals surface area contributed by atoms with Gasteiger partial charge in [0.1, 0.15) is 6.61 Å². The molecule has 8 heteroatoms. The van der Waals surface area contributed by atoms with Crippen molar-refractivity contribution in [3.05, 3.63) is 17.5 Å². The molecular formula is C24H38N4O4. The van der Waals surface area contributed by atoms with Crippen LogP contribution in [0.15, 0.2) is 6.20 Å². The van der Waals surface area contributed by atoms with E-state index in [9.17, 15) is 4.79 Å². The Balaban J connectivity index is 1.40. The molecule has 4 atom stereocenters. The minimum absolute atomic E-state index is 0.0406. The predicted molar refractivity (Wildman–Crippen MR) is 122 cm³/mol. The largest absolute Gasteiger partial charge is 0.376 e. The Morgan fingerprint density at radius 2 is 2.06 bits per heavy atom. The SMILES string of the molecule is C[C@@H]1CN(c2ncc3c(n2)CC(C)(C)C[C@@H]3NC(=O)COC[C@H]2CCCCO2)C[C@H](C)O1. The Kier molecular flexibility index (Phi) is 7.32. The second-order valence-electron chi connectivity index (χ2n) is 10.4. The molecule has 2 fully saturated rings. The fraction of sp³-hybridized carbons (Fsp3) is 0.792. The lowest BCUT2D eigenvalue weighted by atomic mass is 9.74. The molecular weight excluding hydrogens is 408 g/mol. The Labute approximate surface area is 191 Å². The molecule has 1 N–H and O–H groups in total. The first-order valence-electron chi connectivity index (χ1n) is 12.0. The molecule has 1 amide bonds. The van der Waals surface area contributed by atoms with Gasteiger partial charge in [0.05, 0.1) is 36.7 Å². The third kappa shape index (κ3) is 5.97. The topological polar surface area (TPSA) is 85.8 Å². The number of amides is 1. The first-order chi connectivity index (χ1) is 15.3. The molecule has 0 spiro atoms. The van der Waals surface area contributed by atoms with Gasteiger partial charge in [-0.1, -0.05) is 13.8 Å². The van der Waals surface area contributed by atoms with Crippen molar-refractivity contribution in [1.29, 1.82) is 0 Å². The van der Waals surface area contributed by atoms with E-state index in [1.807, 2.05) is 6.20 Å². The highest BCUT2D eigenvalue weighted by atomic mass is 16.5. The summed E-state index contributed by atoms with van der Waals surface area (Å²) in [6.07, 6.45) is 7.33. The number of hydrogen-bond acceptors (Lipinski definition) is 7. The molecule has 3 aliphatic rings. The lowest BCUT2D eigenvalue weighted by Gasteiger charge is -2.38. The number of anilines is 1. The molecule has 4 rings (SSSR count). The van der Waals surface area contributed by atoms with Gasteiger partial charge in [0, 0.05) is 31.5 Å². The summed E-state index contributed by atoms with van der Waals surface area (Å²) in [7, 11) is 0. The van der Waals surface area contributed by atoms with E-state index in [0.717, 1.165) is 62.6 Å². The van der Waals surface area contributed by atoms with Crippen molar-refractivity contribution in [1.82, 2.24) is 15.3 Å². The molecule has 1 aromatic rings. The summed E-state index contributed by atoms with van der Waals surface area (Å²) in [5.74, 6) is 0.652. The van der Waals surface area contributed by atoms with Gasteiger partial charge < -0.3 is 24.4 Å². The van der Waals surface area contributed by atoms with Gasteiger partial charge in [-0.25, -0.2) is 9.97 Å². The number of carbonyl (C=O) groups excluding carboxylic acids is 1. The fourth-order valence-corrected chi connectivity index (χ4v) is 5.12. The lowest BCUT2D eigenvalue weighted by Crippen LogP contribution is -2.46. The molecule has 1 aromatic heterocycles. The van der Waals surface area contributed by atoms with Crippen LogP contribution in [0.25, 0.3) is 0 Å². The van der Waals surface area contributed by atoms with Crippen molar-refractivity contribution in [3.63, 3.8) is 0 Å². The maximum absolute atomic E-state index is 12.6. The number of morpholine rings is 1. The van der Waals surface area contributed by atoms with Crippen LogP contribution in [0.2, 0.25) is 0 Å². The summed E-state index contributed by atoms with van der Waals surface area (Å²) in [5.41, 5.74) is 2.09. The van der Waals surface area contributed by atoms with Crippen LogP contribution in [-0.4, -0.2) is 67.1 Å². The number of rotatable bonds is 6. The van der Waals surface area contributed by atoms with Crippen LogP contribution in [0, 0.1) is 5.41 Å². The Morgan fingerprint density at radius 1 is 1.28 bits per heavy atom. The molecule has 0 unspecified atom stereocenters. The minimum Gasteiger partial charge on any atom is -0.376 e. The average molecular weight is 447 g/mol. The van der Waals surface area contributed by atoms with Crippen LogP contribution in [-0.2, 0) is 25.4 Å². The monoisotopic (exact) mass is 446 g/mol. The highest BCUT2D eigenvalue weighted by Gasteiger charge is 2.35. The number of ether oxygens (including phenoxy) is 3. The Morgan fingerprint density at radius 3 is 2.78 bits per heavy atom. The Bertz CT molecular complexity index is 786. The van der Waals surface area contributed by atoms with E-state index >= 15 is 0 Å². The highest BCUT2D eigenvalue weighted by molar-refractivity contribution is 5.77. The normalized spacial score (nSPS) is 29.9. The predicted octanol–water partition coefficient (Wildman–Crippen LogP) is 2.81. The van der Waals surface area contributed by atoms with Crippen LogP contribution < -0.4 is 10.2 Å². The van der Waals surface area contributed by atoms with E-state index in [-0.39, 0.29) is 42.3 Å². The zero-order valence-corrected chi connectivity index (χ0v) is 19.9. The van der Waals surface area contributed by atoms with Crippen molar-refractivity contribution in [2.75, 3.05) is 37.8 Å². The molecule has 0 saturated carbocycles. The van der Waals surface area contributed by atoms with Gasteiger partial charge in [-0.15, -0.1) is 0 Å². The zero-order valence-electron chi connectivity index (χ0n) is 19.9. The van der Waals surface area contributed by atoms with E-state index < -0.39 is 0 Å². The standard InChI is InChI=1S/C24H38N4O4/c1-16-12-28(13-17(2)32-16)23-25-11-19-20(9-24(3,4)10-21(19)27-23)26-22(29)15-30-14-18-7-5-6-8-31-18/h11,16-18,20H,5-10,12-15H2,1-4H3,(H,26,29)/t16-,17+,18-,20+/m1/s1. The first-order valence-corrected chi connectivity index (χ1v) is 12.0. The molecule has 2 saturated heterocycles. The van der Waals surface area contributed by atoms with Gasteiger partial charge in [0.25, 0.3) is 0 Å². The third-order valence-electron chi connectivity index (χ3n) is 6.51. The van der Waals surface area contributed by atoms with Gasteiger partial charge in [0.15, 0.2) is 0 Å². The van der Waals surface area contributed by atoms with E-state index in [1.165, 1.54) is 6.42 Å². The van der Waals surface area contributed by atoms with Crippen molar-refractivity contribution in [2.24, 2.45) is 5.41 Å². The molecule has 1 aliphatic carbocycles. The minimum atomic E-state index is -0.104. The summed E-state index contributed by atoms with van der Waals surface area (Å²) < 4.78 is 17.2. The number of fused-ring (bicyclic) bond motifs is 1. The number of aromatic nitrogens is 2. The number of nitrogens with one attached hydrogen (secondary N) is 1. The van der Waals surface area contributed by atoms with Gasteiger partial charge in [-0.3, -0.25) is 4.79 Å². The van der Waals surface area contributed by atoms with Gasteiger partial charge in [0.2, 0.25) is 11.9 Å². The smallest absolute Gasteiger partial charge is 0.246 e. The van der Waals surface area contributed by atoms with Gasteiger partial charge in [-0.05, 0) is 51.4 Å². The van der Waals surface area contributed by atoms with Crippen molar-refractivity contribution < 1.29 is 19.0 Å². The quantitative estimate of drug-likeness (QED) is 0.719. The van der Waals surface area contributed by atoms with E-state index in [0.29, 0.717) is 6.61 Å². The second kappa shape index (κ2) is 10.0. The summed E-state index contributed by atoms with van der Waals surface area (Å²) >= 11 is 0. The van der Waals surface area contributed by atoms with Crippen LogP contribution in [0.3, 0.4) is 0 Å². The van der Waals surface area contributed by atoms with Crippen LogP contribution in [0.1, 0.15) is 70.7 Å². The molecule has 178 valence electrons. The molecule has 0 radical (unpaired) electrons. The summed E-state index contributed by atoms with van der Waals surface area (Å²) in [6, 6.07) is -0.104. The molecule has 0 aromatic carbocycles. The maximum Gasteiger partial charge on any atom is 0.246 e. The Hall–Kier alpha value is -1.77. The number of nitrogens with zero attached hydrogens (tertiary/aromatic N) is 3. The summed E-state index contributed by atoms with van der Waals surface area (Å²) in [6.45, 7) is 11.5. The molecule has 2 aliphatic heterocycles. The summed E-state index contributed by atoms with van der Waals surface area (Å²) in [5, 5.41) is 3.16. The van der Waals surface area contributed by atoms with Crippen molar-refractivity contribution in [3.8, 4) is 0 Å². The second-order valence-corrected chi connectivity index (χ2v) is 10.4. The van der Waals surface area contributed by atoms with E-state index in [1.54, 1.807) is 0 Å². The van der Waals surface area contributed by atoms with Crippen LogP contribution >= 0.6 is 0 Å². The number of hydrogen-bond donors (Lipinski definition) is 1. The van der Waals surface area contributed by atoms with E-state index in [4.69, 9.17) is 19.2 Å². The van der Waals surface area contributed by atoms with Crippen molar-refractivity contribution in [2.45, 2.75) is 84.2 Å². The first kappa shape index (κ1) is 23.4. The maximum atomic E-state index is 12.6. The fourth-order valence-electron chi connectivity index (χ4n) is 5.12. The molecule has 32 heavy (non-hydrogen) atoms. The highest BCUT2D eigenvalue weighted by Crippen LogP contribution is 2.40. The van der Waals surface area contributed by atoms with Gasteiger partial charge in [-0.2, -0.15) is 0 Å².